The quantitative estimate of drug-likeness (QED) is 0.505. The number of nitrogens with one attached hydrogen (secondary N) is 1. The van der Waals surface area contributed by atoms with E-state index in [0.717, 1.165) is 5.56 Å². The van der Waals surface area contributed by atoms with Gasteiger partial charge in [0.15, 0.2) is 23.0 Å². The summed E-state index contributed by atoms with van der Waals surface area (Å²) in [5.41, 5.74) is 1.98. The predicted molar refractivity (Wildman–Crippen MR) is 128 cm³/mol. The second-order valence-electron chi connectivity index (χ2n) is 9.13. The molecule has 0 radical (unpaired) electrons. The number of anilines is 1. The summed E-state index contributed by atoms with van der Waals surface area (Å²) in [5.74, 6) is 1.65. The number of hydrogen-bond acceptors (Lipinski definition) is 8. The molecule has 0 fully saturated rings. The smallest absolute Gasteiger partial charge is 0.412 e. The third-order valence-corrected chi connectivity index (χ3v) is 5.75. The topological polar surface area (TPSA) is 102 Å². The van der Waals surface area contributed by atoms with Crippen molar-refractivity contribution in [1.82, 2.24) is 0 Å². The van der Waals surface area contributed by atoms with Crippen molar-refractivity contribution < 1.29 is 38.0 Å². The van der Waals surface area contributed by atoms with Crippen molar-refractivity contribution in [3.8, 4) is 34.1 Å². The van der Waals surface area contributed by atoms with E-state index in [2.05, 4.69) is 5.32 Å². The second kappa shape index (κ2) is 8.26. The third-order valence-electron chi connectivity index (χ3n) is 5.75. The van der Waals surface area contributed by atoms with Crippen LogP contribution in [0.3, 0.4) is 0 Å². The van der Waals surface area contributed by atoms with Crippen LogP contribution in [0.2, 0.25) is 0 Å². The molecule has 35 heavy (non-hydrogen) atoms. The molecule has 2 aliphatic rings. The summed E-state index contributed by atoms with van der Waals surface area (Å²) in [6.45, 7) is 5.46. The highest BCUT2D eigenvalue weighted by Gasteiger charge is 2.33. The van der Waals surface area contributed by atoms with Crippen LogP contribution in [0.1, 0.15) is 36.7 Å². The number of amides is 1. The van der Waals surface area contributed by atoms with Crippen LogP contribution in [0.4, 0.5) is 10.5 Å². The van der Waals surface area contributed by atoms with Crippen LogP contribution in [0.5, 0.6) is 23.0 Å². The fraction of sp³-hybridized carbons (Fsp3) is 0.308. The van der Waals surface area contributed by atoms with Crippen molar-refractivity contribution in [2.75, 3.05) is 26.3 Å². The van der Waals surface area contributed by atoms with Crippen molar-refractivity contribution in [3.63, 3.8) is 0 Å². The molecule has 0 aromatic heterocycles. The molecule has 2 aliphatic heterocycles. The molecule has 5 rings (SSSR count). The SMILES string of the molecule is COc1cc2c(NC(=O)OC(C)(C)C)c3c(c(-c4ccc5c(c4)OCO5)c2cc1OC)C(=O)OC3. The standard InChI is InChI=1S/C26H25NO8/c1-26(2,3)35-25(29)27-23-15-10-19(31-5)18(30-4)9-14(15)21(22-16(23)11-32-24(22)28)13-6-7-17-20(8-13)34-12-33-17/h6-10H,11-12H2,1-5H3,(H,27,29). The third kappa shape index (κ3) is 3.92. The molecule has 3 aromatic carbocycles. The van der Waals surface area contributed by atoms with E-state index in [1.807, 2.05) is 12.1 Å². The van der Waals surface area contributed by atoms with Crippen LogP contribution in [0.15, 0.2) is 30.3 Å². The summed E-state index contributed by atoms with van der Waals surface area (Å²) < 4.78 is 33.0. The van der Waals surface area contributed by atoms with Gasteiger partial charge in [0, 0.05) is 16.5 Å². The summed E-state index contributed by atoms with van der Waals surface area (Å²) in [5, 5.41) is 4.13. The van der Waals surface area contributed by atoms with Crippen molar-refractivity contribution in [2.45, 2.75) is 33.0 Å². The maximum atomic E-state index is 13.0. The molecule has 0 unspecified atom stereocenters. The van der Waals surface area contributed by atoms with Gasteiger partial charge in [-0.3, -0.25) is 5.32 Å². The number of carbonyl (C=O) groups is 2. The molecule has 2 heterocycles. The number of methoxy groups -OCH3 is 2. The molecule has 0 saturated heterocycles. The van der Waals surface area contributed by atoms with E-state index in [1.165, 1.54) is 14.2 Å². The number of cyclic esters (lactones) is 1. The van der Waals surface area contributed by atoms with E-state index in [9.17, 15) is 9.59 Å². The Kier molecular flexibility index (Phi) is 5.35. The highest BCUT2D eigenvalue weighted by Crippen LogP contribution is 2.48. The van der Waals surface area contributed by atoms with Crippen molar-refractivity contribution in [1.29, 1.82) is 0 Å². The highest BCUT2D eigenvalue weighted by atomic mass is 16.7. The molecular weight excluding hydrogens is 454 g/mol. The van der Waals surface area contributed by atoms with Gasteiger partial charge in [-0.15, -0.1) is 0 Å². The Balaban J connectivity index is 1.81. The molecular formula is C26H25NO8. The van der Waals surface area contributed by atoms with E-state index in [-0.39, 0.29) is 13.4 Å². The molecule has 3 aromatic rings. The molecule has 1 amide bonds. The Morgan fingerprint density at radius 3 is 2.29 bits per heavy atom. The lowest BCUT2D eigenvalue weighted by Gasteiger charge is -2.22. The zero-order valence-corrected chi connectivity index (χ0v) is 20.1. The molecule has 0 saturated carbocycles. The van der Waals surface area contributed by atoms with Gasteiger partial charge in [-0.1, -0.05) is 6.07 Å². The summed E-state index contributed by atoms with van der Waals surface area (Å²) in [6.07, 6.45) is -0.647. The van der Waals surface area contributed by atoms with E-state index < -0.39 is 17.7 Å². The van der Waals surface area contributed by atoms with Crippen molar-refractivity contribution in [3.05, 3.63) is 41.5 Å². The summed E-state index contributed by atoms with van der Waals surface area (Å²) >= 11 is 0. The second-order valence-corrected chi connectivity index (χ2v) is 9.13. The normalized spacial score (nSPS) is 13.9. The zero-order chi connectivity index (χ0) is 24.9. The molecule has 0 bridgehead atoms. The Labute approximate surface area is 201 Å². The van der Waals surface area contributed by atoms with Crippen LogP contribution in [0, 0.1) is 0 Å². The monoisotopic (exact) mass is 479 g/mol. The van der Waals surface area contributed by atoms with Gasteiger partial charge in [-0.2, -0.15) is 0 Å². The van der Waals surface area contributed by atoms with Crippen LogP contribution >= 0.6 is 0 Å². The van der Waals surface area contributed by atoms with Gasteiger partial charge in [0.2, 0.25) is 6.79 Å². The number of benzene rings is 3. The van der Waals surface area contributed by atoms with E-state index in [4.69, 9.17) is 28.4 Å². The van der Waals surface area contributed by atoms with E-state index in [1.54, 1.807) is 39.0 Å². The number of carbonyl (C=O) groups excluding carboxylic acids is 2. The first-order chi connectivity index (χ1) is 16.7. The van der Waals surface area contributed by atoms with Gasteiger partial charge in [0.1, 0.15) is 12.2 Å². The van der Waals surface area contributed by atoms with Gasteiger partial charge in [-0.05, 0) is 56.0 Å². The van der Waals surface area contributed by atoms with E-state index in [0.29, 0.717) is 56.1 Å². The van der Waals surface area contributed by atoms with Crippen LogP contribution in [-0.4, -0.2) is 38.7 Å². The van der Waals surface area contributed by atoms with Crippen LogP contribution < -0.4 is 24.3 Å². The Morgan fingerprint density at radius 2 is 1.60 bits per heavy atom. The number of esters is 1. The summed E-state index contributed by atoms with van der Waals surface area (Å²) in [7, 11) is 3.06. The molecule has 9 heteroatoms. The molecule has 1 N–H and O–H groups in total. The Hall–Kier alpha value is -4.14. The minimum absolute atomic E-state index is 0.00113. The Morgan fingerprint density at radius 1 is 0.914 bits per heavy atom. The number of fused-ring (bicyclic) bond motifs is 3. The first kappa shape index (κ1) is 22.6. The molecule has 0 atom stereocenters. The summed E-state index contributed by atoms with van der Waals surface area (Å²) in [6, 6.07) is 9.01. The fourth-order valence-corrected chi connectivity index (χ4v) is 4.35. The maximum Gasteiger partial charge on any atom is 0.412 e. The molecule has 0 aliphatic carbocycles. The average molecular weight is 479 g/mol. The average Bonchev–Trinajstić information content (AvgIpc) is 3.43. The highest BCUT2D eigenvalue weighted by molar-refractivity contribution is 6.17. The number of ether oxygens (including phenoxy) is 6. The lowest BCUT2D eigenvalue weighted by molar-refractivity contribution is 0.0536. The first-order valence-electron chi connectivity index (χ1n) is 11.0. The van der Waals surface area contributed by atoms with Gasteiger partial charge in [0.05, 0.1) is 25.5 Å². The number of rotatable bonds is 4. The van der Waals surface area contributed by atoms with E-state index >= 15 is 0 Å². The molecule has 182 valence electrons. The van der Waals surface area contributed by atoms with Gasteiger partial charge in [-0.25, -0.2) is 9.59 Å². The minimum Gasteiger partial charge on any atom is -0.493 e. The minimum atomic E-state index is -0.706. The summed E-state index contributed by atoms with van der Waals surface area (Å²) in [4.78, 5) is 25.8. The van der Waals surface area contributed by atoms with Crippen molar-refractivity contribution >= 4 is 28.5 Å². The lowest BCUT2D eigenvalue weighted by atomic mass is 9.88. The van der Waals surface area contributed by atoms with Gasteiger partial charge >= 0.3 is 12.1 Å². The Bertz CT molecular complexity index is 1370. The van der Waals surface area contributed by atoms with Crippen LogP contribution in [0.25, 0.3) is 21.9 Å². The largest absolute Gasteiger partial charge is 0.493 e. The van der Waals surface area contributed by atoms with Gasteiger partial charge in [0.25, 0.3) is 0 Å². The fourth-order valence-electron chi connectivity index (χ4n) is 4.35. The predicted octanol–water partition coefficient (Wildman–Crippen LogP) is 5.27. The lowest BCUT2D eigenvalue weighted by Crippen LogP contribution is -2.27. The zero-order valence-electron chi connectivity index (χ0n) is 20.1. The molecule has 0 spiro atoms. The van der Waals surface area contributed by atoms with Gasteiger partial charge < -0.3 is 28.4 Å². The molecule has 9 nitrogen and oxygen atoms in total. The first-order valence-corrected chi connectivity index (χ1v) is 11.0. The number of hydrogen-bond donors (Lipinski definition) is 1. The van der Waals surface area contributed by atoms with Crippen LogP contribution in [-0.2, 0) is 16.1 Å². The maximum absolute atomic E-state index is 13.0. The van der Waals surface area contributed by atoms with Crippen molar-refractivity contribution in [2.24, 2.45) is 0 Å².